The highest BCUT2D eigenvalue weighted by Gasteiger charge is 2.32. The molecule has 5 heteroatoms. The number of hydrogen-bond acceptors (Lipinski definition) is 3. The van der Waals surface area contributed by atoms with E-state index in [-0.39, 0.29) is 0 Å². The lowest BCUT2D eigenvalue weighted by Crippen LogP contribution is -2.53. The Morgan fingerprint density at radius 2 is 1.92 bits per heavy atom. The van der Waals surface area contributed by atoms with Gasteiger partial charge in [-0.3, -0.25) is 14.7 Å². The lowest BCUT2D eigenvalue weighted by Gasteiger charge is -2.40. The van der Waals surface area contributed by atoms with E-state index in [1.165, 1.54) is 36.6 Å². The van der Waals surface area contributed by atoms with Crippen molar-refractivity contribution in [2.24, 2.45) is 13.0 Å². The Labute approximate surface area is 149 Å². The van der Waals surface area contributed by atoms with Crippen molar-refractivity contribution in [2.45, 2.75) is 32.1 Å². The molecule has 0 bridgehead atoms. The summed E-state index contributed by atoms with van der Waals surface area (Å²) in [7, 11) is 2.07. The molecule has 0 unspecified atom stereocenters. The smallest absolute Gasteiger partial charge is 0.236 e. The fourth-order valence-electron chi connectivity index (χ4n) is 4.23. The van der Waals surface area contributed by atoms with E-state index in [0.29, 0.717) is 18.4 Å². The van der Waals surface area contributed by atoms with Gasteiger partial charge in [-0.2, -0.15) is 0 Å². The van der Waals surface area contributed by atoms with Crippen LogP contribution in [0.1, 0.15) is 31.4 Å². The SMILES string of the molecule is Cn1ccc2ccnc(CC3CN(C(=O)CN4CCCCCC4)C3)c21. The maximum absolute atomic E-state index is 12.5. The maximum atomic E-state index is 12.5. The molecule has 4 heterocycles. The molecule has 0 N–H and O–H groups in total. The minimum Gasteiger partial charge on any atom is -0.349 e. The predicted molar refractivity (Wildman–Crippen MR) is 99.4 cm³/mol. The van der Waals surface area contributed by atoms with E-state index in [9.17, 15) is 4.79 Å². The Hall–Kier alpha value is -1.88. The number of fused-ring (bicyclic) bond motifs is 1. The molecule has 2 fully saturated rings. The summed E-state index contributed by atoms with van der Waals surface area (Å²) in [6, 6.07) is 4.20. The van der Waals surface area contributed by atoms with Gasteiger partial charge >= 0.3 is 0 Å². The standard InChI is InChI=1S/C20H28N4O/c1-22-11-7-17-6-8-21-18(20(17)22)12-16-13-24(14-16)19(25)15-23-9-4-2-3-5-10-23/h6-8,11,16H,2-5,9-10,12-15H2,1H3. The summed E-state index contributed by atoms with van der Waals surface area (Å²) in [5, 5.41) is 1.25. The summed E-state index contributed by atoms with van der Waals surface area (Å²) in [6.07, 6.45) is 10.1. The van der Waals surface area contributed by atoms with Crippen molar-refractivity contribution < 1.29 is 4.79 Å². The van der Waals surface area contributed by atoms with Crippen molar-refractivity contribution in [1.29, 1.82) is 0 Å². The second-order valence-electron chi connectivity index (χ2n) is 7.68. The van der Waals surface area contributed by atoms with E-state index in [1.807, 2.05) is 11.1 Å². The quantitative estimate of drug-likeness (QED) is 0.858. The zero-order valence-corrected chi connectivity index (χ0v) is 15.2. The summed E-state index contributed by atoms with van der Waals surface area (Å²) >= 11 is 0. The topological polar surface area (TPSA) is 41.4 Å². The van der Waals surface area contributed by atoms with Crippen molar-refractivity contribution in [3.8, 4) is 0 Å². The molecular weight excluding hydrogens is 312 g/mol. The van der Waals surface area contributed by atoms with Gasteiger partial charge in [-0.05, 0) is 50.4 Å². The lowest BCUT2D eigenvalue weighted by atomic mass is 9.93. The minimum absolute atomic E-state index is 0.309. The zero-order valence-electron chi connectivity index (χ0n) is 15.2. The first kappa shape index (κ1) is 16.6. The third-order valence-corrected chi connectivity index (χ3v) is 5.71. The largest absolute Gasteiger partial charge is 0.349 e. The van der Waals surface area contributed by atoms with Crippen LogP contribution in [0.3, 0.4) is 0 Å². The third kappa shape index (κ3) is 3.56. The summed E-state index contributed by atoms with van der Waals surface area (Å²) in [6.45, 7) is 4.55. The Morgan fingerprint density at radius 1 is 1.16 bits per heavy atom. The monoisotopic (exact) mass is 340 g/mol. The molecule has 2 saturated heterocycles. The van der Waals surface area contributed by atoms with E-state index in [0.717, 1.165) is 38.3 Å². The molecule has 25 heavy (non-hydrogen) atoms. The molecule has 2 aliphatic heterocycles. The summed E-state index contributed by atoms with van der Waals surface area (Å²) < 4.78 is 2.15. The fourth-order valence-corrected chi connectivity index (χ4v) is 4.23. The van der Waals surface area contributed by atoms with Crippen molar-refractivity contribution in [1.82, 2.24) is 19.4 Å². The van der Waals surface area contributed by atoms with Gasteiger partial charge < -0.3 is 9.47 Å². The molecule has 0 aromatic carbocycles. The van der Waals surface area contributed by atoms with E-state index in [1.54, 1.807) is 0 Å². The first-order chi connectivity index (χ1) is 12.2. The second kappa shape index (κ2) is 7.16. The average Bonchev–Trinajstić information content (AvgIpc) is 2.78. The molecule has 5 nitrogen and oxygen atoms in total. The van der Waals surface area contributed by atoms with E-state index in [4.69, 9.17) is 0 Å². The fraction of sp³-hybridized carbons (Fsp3) is 0.600. The first-order valence-corrected chi connectivity index (χ1v) is 9.60. The van der Waals surface area contributed by atoms with Crippen LogP contribution in [0, 0.1) is 5.92 Å². The summed E-state index contributed by atoms with van der Waals surface area (Å²) in [4.78, 5) is 21.5. The molecule has 0 radical (unpaired) electrons. The van der Waals surface area contributed by atoms with Crippen LogP contribution < -0.4 is 0 Å². The van der Waals surface area contributed by atoms with Gasteiger partial charge in [-0.15, -0.1) is 0 Å². The molecule has 0 atom stereocenters. The number of aryl methyl sites for hydroxylation is 1. The molecule has 2 aromatic heterocycles. The maximum Gasteiger partial charge on any atom is 0.236 e. The number of likely N-dealkylation sites (tertiary alicyclic amines) is 2. The van der Waals surface area contributed by atoms with Crippen LogP contribution in [-0.2, 0) is 18.3 Å². The van der Waals surface area contributed by atoms with Gasteiger partial charge in [0.1, 0.15) is 0 Å². The third-order valence-electron chi connectivity index (χ3n) is 5.71. The summed E-state index contributed by atoms with van der Waals surface area (Å²) in [5.74, 6) is 0.851. The molecular formula is C20H28N4O. The van der Waals surface area contributed by atoms with Gasteiger partial charge in [0, 0.05) is 37.9 Å². The second-order valence-corrected chi connectivity index (χ2v) is 7.68. The molecule has 0 saturated carbocycles. The molecule has 134 valence electrons. The van der Waals surface area contributed by atoms with Gasteiger partial charge in [-0.25, -0.2) is 0 Å². The van der Waals surface area contributed by atoms with Gasteiger partial charge in [-0.1, -0.05) is 12.8 Å². The molecule has 2 aromatic rings. The van der Waals surface area contributed by atoms with E-state index in [2.05, 4.69) is 39.8 Å². The van der Waals surface area contributed by atoms with Crippen LogP contribution in [0.5, 0.6) is 0 Å². The van der Waals surface area contributed by atoms with Crippen LogP contribution in [0.2, 0.25) is 0 Å². The van der Waals surface area contributed by atoms with Crippen LogP contribution in [-0.4, -0.2) is 58.0 Å². The predicted octanol–water partition coefficient (Wildman–Crippen LogP) is 2.45. The number of carbonyl (C=O) groups excluding carboxylic acids is 1. The van der Waals surface area contributed by atoms with Gasteiger partial charge in [0.2, 0.25) is 5.91 Å². The van der Waals surface area contributed by atoms with Gasteiger partial charge in [0.25, 0.3) is 0 Å². The van der Waals surface area contributed by atoms with Crippen LogP contribution in [0.15, 0.2) is 24.5 Å². The molecule has 0 aliphatic carbocycles. The Morgan fingerprint density at radius 3 is 2.68 bits per heavy atom. The Balaban J connectivity index is 1.31. The first-order valence-electron chi connectivity index (χ1n) is 9.60. The van der Waals surface area contributed by atoms with Crippen molar-refractivity contribution in [3.05, 3.63) is 30.2 Å². The number of aromatic nitrogens is 2. The minimum atomic E-state index is 0.309. The summed E-state index contributed by atoms with van der Waals surface area (Å²) in [5.41, 5.74) is 2.39. The van der Waals surface area contributed by atoms with E-state index < -0.39 is 0 Å². The van der Waals surface area contributed by atoms with Crippen molar-refractivity contribution in [2.75, 3.05) is 32.7 Å². The normalized spacial score (nSPS) is 19.8. The van der Waals surface area contributed by atoms with Gasteiger partial charge in [0.15, 0.2) is 0 Å². The highest BCUT2D eigenvalue weighted by atomic mass is 16.2. The lowest BCUT2D eigenvalue weighted by molar-refractivity contribution is -0.138. The number of carbonyl (C=O) groups is 1. The number of nitrogens with zero attached hydrogens (tertiary/aromatic N) is 4. The van der Waals surface area contributed by atoms with Crippen molar-refractivity contribution >= 4 is 16.8 Å². The van der Waals surface area contributed by atoms with Gasteiger partial charge in [0.05, 0.1) is 17.8 Å². The zero-order chi connectivity index (χ0) is 17.2. The highest BCUT2D eigenvalue weighted by molar-refractivity contribution is 5.82. The van der Waals surface area contributed by atoms with Crippen LogP contribution in [0.4, 0.5) is 0 Å². The Kier molecular flexibility index (Phi) is 4.75. The molecule has 0 spiro atoms. The molecule has 4 rings (SSSR count). The number of pyridine rings is 1. The molecule has 1 amide bonds. The number of rotatable bonds is 4. The van der Waals surface area contributed by atoms with E-state index >= 15 is 0 Å². The highest BCUT2D eigenvalue weighted by Crippen LogP contribution is 2.25. The molecule has 2 aliphatic rings. The van der Waals surface area contributed by atoms with Crippen LogP contribution >= 0.6 is 0 Å². The van der Waals surface area contributed by atoms with Crippen LogP contribution in [0.25, 0.3) is 10.9 Å². The average molecular weight is 340 g/mol. The number of amides is 1. The Bertz CT molecular complexity index is 739. The number of hydrogen-bond donors (Lipinski definition) is 0. The van der Waals surface area contributed by atoms with Crippen molar-refractivity contribution in [3.63, 3.8) is 0 Å².